The van der Waals surface area contributed by atoms with Crippen LogP contribution in [0, 0.1) is 6.92 Å². The SMILES string of the molecule is Cc1nc2ccc(-c3ccc4c(c3)CN(C(=O)c3ccc(Br)cc3Cl)CCO4)cc2[nH]1. The number of hydrogen-bond acceptors (Lipinski definition) is 3. The Morgan fingerprint density at radius 1 is 1.13 bits per heavy atom. The van der Waals surface area contributed by atoms with E-state index in [1.54, 1.807) is 17.0 Å². The number of fused-ring (bicyclic) bond motifs is 2. The van der Waals surface area contributed by atoms with Crippen molar-refractivity contribution in [1.29, 1.82) is 0 Å². The van der Waals surface area contributed by atoms with Crippen molar-refractivity contribution in [2.24, 2.45) is 0 Å². The Kier molecular flexibility index (Phi) is 5.20. The first-order valence-corrected chi connectivity index (χ1v) is 11.1. The summed E-state index contributed by atoms with van der Waals surface area (Å²) < 4.78 is 6.77. The van der Waals surface area contributed by atoms with Crippen LogP contribution in [0.3, 0.4) is 0 Å². The van der Waals surface area contributed by atoms with Crippen molar-refractivity contribution < 1.29 is 9.53 Å². The zero-order valence-corrected chi connectivity index (χ0v) is 19.1. The molecule has 1 aromatic heterocycles. The monoisotopic (exact) mass is 495 g/mol. The molecule has 0 saturated carbocycles. The minimum atomic E-state index is -0.103. The van der Waals surface area contributed by atoms with E-state index in [4.69, 9.17) is 16.3 Å². The first-order valence-electron chi connectivity index (χ1n) is 9.95. The van der Waals surface area contributed by atoms with Gasteiger partial charge in [-0.05, 0) is 60.5 Å². The van der Waals surface area contributed by atoms with E-state index in [9.17, 15) is 4.79 Å². The van der Waals surface area contributed by atoms with E-state index < -0.39 is 0 Å². The number of H-pyrrole nitrogens is 1. The molecule has 0 fully saturated rings. The molecule has 1 N–H and O–H groups in total. The van der Waals surface area contributed by atoms with Gasteiger partial charge in [0.05, 0.1) is 28.2 Å². The fourth-order valence-corrected chi connectivity index (χ4v) is 4.65. The van der Waals surface area contributed by atoms with Gasteiger partial charge in [-0.25, -0.2) is 4.98 Å². The number of imidazole rings is 1. The van der Waals surface area contributed by atoms with E-state index in [2.05, 4.69) is 44.1 Å². The molecule has 31 heavy (non-hydrogen) atoms. The van der Waals surface area contributed by atoms with Crippen molar-refractivity contribution >= 4 is 44.5 Å². The van der Waals surface area contributed by atoms with Crippen molar-refractivity contribution in [3.8, 4) is 16.9 Å². The van der Waals surface area contributed by atoms with Gasteiger partial charge in [-0.2, -0.15) is 0 Å². The van der Waals surface area contributed by atoms with Crippen LogP contribution in [0.25, 0.3) is 22.2 Å². The number of carbonyl (C=O) groups excluding carboxylic acids is 1. The number of halogens is 2. The largest absolute Gasteiger partial charge is 0.491 e. The van der Waals surface area contributed by atoms with Gasteiger partial charge < -0.3 is 14.6 Å². The number of aryl methyl sites for hydroxylation is 1. The third-order valence-corrected chi connectivity index (χ3v) is 6.23. The third kappa shape index (κ3) is 3.93. The van der Waals surface area contributed by atoms with E-state index in [0.29, 0.717) is 30.3 Å². The highest BCUT2D eigenvalue weighted by molar-refractivity contribution is 9.10. The molecule has 156 valence electrons. The molecule has 0 aliphatic carbocycles. The van der Waals surface area contributed by atoms with E-state index in [0.717, 1.165) is 43.8 Å². The number of benzene rings is 3. The number of rotatable bonds is 2. The Labute approximate surface area is 193 Å². The Bertz CT molecular complexity index is 1320. The lowest BCUT2D eigenvalue weighted by atomic mass is 10.0. The smallest absolute Gasteiger partial charge is 0.255 e. The Balaban J connectivity index is 1.47. The molecular formula is C24H19BrClN3O2. The second-order valence-electron chi connectivity index (χ2n) is 7.58. The average molecular weight is 497 g/mol. The molecule has 1 aliphatic heterocycles. The number of nitrogens with zero attached hydrogens (tertiary/aromatic N) is 2. The van der Waals surface area contributed by atoms with Crippen LogP contribution in [0.15, 0.2) is 59.1 Å². The quantitative estimate of drug-likeness (QED) is 0.371. The lowest BCUT2D eigenvalue weighted by Crippen LogP contribution is -2.32. The highest BCUT2D eigenvalue weighted by Crippen LogP contribution is 2.31. The van der Waals surface area contributed by atoms with Gasteiger partial charge in [-0.3, -0.25) is 4.79 Å². The Morgan fingerprint density at radius 2 is 1.94 bits per heavy atom. The van der Waals surface area contributed by atoms with Gasteiger partial charge >= 0.3 is 0 Å². The molecule has 5 rings (SSSR count). The average Bonchev–Trinajstić information content (AvgIpc) is 2.98. The van der Waals surface area contributed by atoms with Crippen molar-refractivity contribution in [3.05, 3.63) is 81.0 Å². The standard InChI is InChI=1S/C24H19BrClN3O2/c1-14-27-21-6-2-16(11-22(21)28-14)15-3-7-23-17(10-15)13-29(8-9-31-23)24(30)19-5-4-18(25)12-20(19)26/h2-7,10-12H,8-9,13H2,1H3,(H,27,28). The van der Waals surface area contributed by atoms with Crippen molar-refractivity contribution in [1.82, 2.24) is 14.9 Å². The van der Waals surface area contributed by atoms with Crippen LogP contribution < -0.4 is 4.74 Å². The molecule has 2 heterocycles. The zero-order chi connectivity index (χ0) is 21.5. The molecule has 0 saturated heterocycles. The minimum absolute atomic E-state index is 0.103. The maximum atomic E-state index is 13.2. The number of aromatic nitrogens is 2. The Morgan fingerprint density at radius 3 is 2.77 bits per heavy atom. The second kappa shape index (κ2) is 8.02. The molecule has 0 bridgehead atoms. The van der Waals surface area contributed by atoms with Crippen molar-refractivity contribution in [2.75, 3.05) is 13.2 Å². The van der Waals surface area contributed by atoms with Gasteiger partial charge in [0.1, 0.15) is 18.2 Å². The van der Waals surface area contributed by atoms with Crippen LogP contribution in [0.1, 0.15) is 21.7 Å². The van der Waals surface area contributed by atoms with Crippen LogP contribution in [0.5, 0.6) is 5.75 Å². The van der Waals surface area contributed by atoms with Gasteiger partial charge in [-0.1, -0.05) is 39.7 Å². The van der Waals surface area contributed by atoms with Crippen LogP contribution >= 0.6 is 27.5 Å². The molecule has 1 amide bonds. The van der Waals surface area contributed by atoms with Gasteiger partial charge in [0.2, 0.25) is 0 Å². The number of amides is 1. The number of aromatic amines is 1. The number of nitrogens with one attached hydrogen (secondary N) is 1. The summed E-state index contributed by atoms with van der Waals surface area (Å²) in [7, 11) is 0. The molecule has 0 unspecified atom stereocenters. The van der Waals surface area contributed by atoms with Crippen molar-refractivity contribution in [2.45, 2.75) is 13.5 Å². The van der Waals surface area contributed by atoms with E-state index in [1.807, 2.05) is 31.2 Å². The van der Waals surface area contributed by atoms with Crippen LogP contribution in [-0.4, -0.2) is 33.9 Å². The maximum Gasteiger partial charge on any atom is 0.255 e. The summed E-state index contributed by atoms with van der Waals surface area (Å²) in [6.07, 6.45) is 0. The number of ether oxygens (including phenoxy) is 1. The van der Waals surface area contributed by atoms with E-state index in [-0.39, 0.29) is 5.91 Å². The fourth-order valence-electron chi connectivity index (χ4n) is 3.90. The van der Waals surface area contributed by atoms with E-state index >= 15 is 0 Å². The molecule has 4 aromatic rings. The van der Waals surface area contributed by atoms with Crippen molar-refractivity contribution in [3.63, 3.8) is 0 Å². The summed E-state index contributed by atoms with van der Waals surface area (Å²) in [5.74, 6) is 1.59. The zero-order valence-electron chi connectivity index (χ0n) is 16.8. The van der Waals surface area contributed by atoms with Gasteiger partial charge in [0.15, 0.2) is 0 Å². The summed E-state index contributed by atoms with van der Waals surface area (Å²) in [5, 5.41) is 0.432. The highest BCUT2D eigenvalue weighted by Gasteiger charge is 2.23. The molecule has 0 spiro atoms. The first kappa shape index (κ1) is 20.1. The van der Waals surface area contributed by atoms with Crippen LogP contribution in [0.4, 0.5) is 0 Å². The first-order chi connectivity index (χ1) is 15.0. The molecule has 5 nitrogen and oxygen atoms in total. The fraction of sp³-hybridized carbons (Fsp3) is 0.167. The second-order valence-corrected chi connectivity index (χ2v) is 8.90. The predicted molar refractivity (Wildman–Crippen MR) is 126 cm³/mol. The summed E-state index contributed by atoms with van der Waals surface area (Å²) in [4.78, 5) is 22.7. The summed E-state index contributed by atoms with van der Waals surface area (Å²) in [5.41, 5.74) is 5.55. The molecule has 0 radical (unpaired) electrons. The van der Waals surface area contributed by atoms with Crippen LogP contribution in [0.2, 0.25) is 5.02 Å². The molecule has 7 heteroatoms. The predicted octanol–water partition coefficient (Wildman–Crippen LogP) is 5.99. The lowest BCUT2D eigenvalue weighted by Gasteiger charge is -2.21. The maximum absolute atomic E-state index is 13.2. The summed E-state index contributed by atoms with van der Waals surface area (Å²) in [6, 6.07) is 17.6. The van der Waals surface area contributed by atoms with Gasteiger partial charge in [0, 0.05) is 16.6 Å². The third-order valence-electron chi connectivity index (χ3n) is 5.42. The Hall–Kier alpha value is -2.83. The van der Waals surface area contributed by atoms with Gasteiger partial charge in [-0.15, -0.1) is 0 Å². The number of hydrogen-bond donors (Lipinski definition) is 1. The van der Waals surface area contributed by atoms with E-state index in [1.165, 1.54) is 0 Å². The minimum Gasteiger partial charge on any atom is -0.491 e. The highest BCUT2D eigenvalue weighted by atomic mass is 79.9. The summed E-state index contributed by atoms with van der Waals surface area (Å²) >= 11 is 9.71. The van der Waals surface area contributed by atoms with Gasteiger partial charge in [0.25, 0.3) is 5.91 Å². The molecule has 3 aromatic carbocycles. The summed E-state index contributed by atoms with van der Waals surface area (Å²) in [6.45, 7) is 3.34. The normalized spacial score (nSPS) is 13.6. The molecule has 1 aliphatic rings. The number of carbonyl (C=O) groups is 1. The molecular weight excluding hydrogens is 478 g/mol. The lowest BCUT2D eigenvalue weighted by molar-refractivity contribution is 0.0733. The topological polar surface area (TPSA) is 58.2 Å². The van der Waals surface area contributed by atoms with Crippen LogP contribution in [-0.2, 0) is 6.54 Å². The molecule has 0 atom stereocenters.